The van der Waals surface area contributed by atoms with Gasteiger partial charge in [0, 0.05) is 11.1 Å². The quantitative estimate of drug-likeness (QED) is 0.519. The predicted octanol–water partition coefficient (Wildman–Crippen LogP) is 2.81. The Bertz CT molecular complexity index is 1300. The standard InChI is InChI=1S/C25H28N4O5/c1-14(2)29-24(32)19-9-7-6-8-18(19)23(28-29)25(33)34-13-21(31)26-12-20(30)27-22-16(4)10-15(3)11-17(22)5/h6-11,14H,12-13H2,1-5H3,(H,26,31)(H,27,30). The summed E-state index contributed by atoms with van der Waals surface area (Å²) in [5.41, 5.74) is 3.27. The summed E-state index contributed by atoms with van der Waals surface area (Å²) in [4.78, 5) is 49.7. The van der Waals surface area contributed by atoms with Gasteiger partial charge in [-0.1, -0.05) is 35.9 Å². The molecule has 0 saturated heterocycles. The number of ether oxygens (including phenoxy) is 1. The number of rotatable bonds is 7. The molecule has 1 aromatic heterocycles. The van der Waals surface area contributed by atoms with Crippen LogP contribution in [0.4, 0.5) is 5.69 Å². The number of nitrogens with zero attached hydrogens (tertiary/aromatic N) is 2. The Morgan fingerprint density at radius 2 is 1.62 bits per heavy atom. The second-order valence-electron chi connectivity index (χ2n) is 8.41. The summed E-state index contributed by atoms with van der Waals surface area (Å²) in [6, 6.07) is 10.2. The van der Waals surface area contributed by atoms with Crippen LogP contribution in [-0.4, -0.2) is 40.7 Å². The first-order chi connectivity index (χ1) is 16.1. The normalized spacial score (nSPS) is 10.9. The number of hydrogen-bond donors (Lipinski definition) is 2. The van der Waals surface area contributed by atoms with Gasteiger partial charge >= 0.3 is 5.97 Å². The summed E-state index contributed by atoms with van der Waals surface area (Å²) in [6.45, 7) is 8.45. The van der Waals surface area contributed by atoms with E-state index in [2.05, 4.69) is 15.7 Å². The van der Waals surface area contributed by atoms with Crippen LogP contribution >= 0.6 is 0 Å². The number of nitrogens with one attached hydrogen (secondary N) is 2. The number of amides is 2. The largest absolute Gasteiger partial charge is 0.451 e. The van der Waals surface area contributed by atoms with E-state index in [-0.39, 0.29) is 23.8 Å². The van der Waals surface area contributed by atoms with E-state index in [1.165, 1.54) is 4.68 Å². The number of aromatic nitrogens is 2. The zero-order chi connectivity index (χ0) is 25.0. The molecule has 1 heterocycles. The molecule has 0 bridgehead atoms. The van der Waals surface area contributed by atoms with Crippen LogP contribution in [0.2, 0.25) is 0 Å². The van der Waals surface area contributed by atoms with Crippen molar-refractivity contribution in [3.63, 3.8) is 0 Å². The lowest BCUT2D eigenvalue weighted by molar-refractivity contribution is -0.126. The molecule has 178 valence electrons. The number of esters is 1. The van der Waals surface area contributed by atoms with Crippen molar-refractivity contribution in [2.45, 2.75) is 40.7 Å². The third-order valence-electron chi connectivity index (χ3n) is 5.23. The Balaban J connectivity index is 1.62. The van der Waals surface area contributed by atoms with E-state index in [9.17, 15) is 19.2 Å². The van der Waals surface area contributed by atoms with E-state index >= 15 is 0 Å². The number of fused-ring (bicyclic) bond motifs is 1. The Hall–Kier alpha value is -4.01. The maximum atomic E-state index is 12.7. The maximum absolute atomic E-state index is 12.7. The van der Waals surface area contributed by atoms with Gasteiger partial charge in [0.05, 0.1) is 18.0 Å². The van der Waals surface area contributed by atoms with Crippen LogP contribution in [0.3, 0.4) is 0 Å². The average molecular weight is 465 g/mol. The maximum Gasteiger partial charge on any atom is 0.359 e. The highest BCUT2D eigenvalue weighted by Gasteiger charge is 2.20. The molecule has 2 N–H and O–H groups in total. The third kappa shape index (κ3) is 5.48. The van der Waals surface area contributed by atoms with Gasteiger partial charge in [0.15, 0.2) is 12.3 Å². The topological polar surface area (TPSA) is 119 Å². The van der Waals surface area contributed by atoms with Gasteiger partial charge in [-0.15, -0.1) is 0 Å². The van der Waals surface area contributed by atoms with Gasteiger partial charge in [-0.2, -0.15) is 5.10 Å². The highest BCUT2D eigenvalue weighted by molar-refractivity contribution is 6.03. The Morgan fingerprint density at radius 1 is 1.00 bits per heavy atom. The van der Waals surface area contributed by atoms with Crippen molar-refractivity contribution < 1.29 is 19.1 Å². The molecule has 0 fully saturated rings. The lowest BCUT2D eigenvalue weighted by Crippen LogP contribution is -2.36. The lowest BCUT2D eigenvalue weighted by atomic mass is 10.1. The number of benzene rings is 2. The van der Waals surface area contributed by atoms with Gasteiger partial charge < -0.3 is 15.4 Å². The van der Waals surface area contributed by atoms with Gasteiger partial charge in [-0.05, 0) is 51.8 Å². The van der Waals surface area contributed by atoms with Gasteiger partial charge in [0.1, 0.15) is 0 Å². The van der Waals surface area contributed by atoms with Crippen molar-refractivity contribution in [3.05, 3.63) is 69.1 Å². The lowest BCUT2D eigenvalue weighted by Gasteiger charge is -2.14. The second kappa shape index (κ2) is 10.3. The number of hydrogen-bond acceptors (Lipinski definition) is 6. The molecular weight excluding hydrogens is 436 g/mol. The van der Waals surface area contributed by atoms with Crippen molar-refractivity contribution in [1.29, 1.82) is 0 Å². The van der Waals surface area contributed by atoms with E-state index < -0.39 is 24.4 Å². The van der Waals surface area contributed by atoms with Crippen molar-refractivity contribution in [1.82, 2.24) is 15.1 Å². The molecule has 34 heavy (non-hydrogen) atoms. The zero-order valence-corrected chi connectivity index (χ0v) is 19.9. The first-order valence-electron chi connectivity index (χ1n) is 10.9. The minimum absolute atomic E-state index is 0.0558. The molecule has 0 radical (unpaired) electrons. The van der Waals surface area contributed by atoms with Crippen molar-refractivity contribution in [2.75, 3.05) is 18.5 Å². The fourth-order valence-electron chi connectivity index (χ4n) is 3.70. The number of carbonyl (C=O) groups is 3. The smallest absolute Gasteiger partial charge is 0.359 e. The van der Waals surface area contributed by atoms with Gasteiger partial charge in [0.25, 0.3) is 11.5 Å². The van der Waals surface area contributed by atoms with E-state index in [1.54, 1.807) is 38.1 Å². The van der Waals surface area contributed by atoms with Crippen LogP contribution in [0.1, 0.15) is 47.1 Å². The van der Waals surface area contributed by atoms with Crippen molar-refractivity contribution in [3.8, 4) is 0 Å². The predicted molar refractivity (Wildman–Crippen MR) is 129 cm³/mol. The van der Waals surface area contributed by atoms with Gasteiger partial charge in [-0.3, -0.25) is 14.4 Å². The summed E-state index contributed by atoms with van der Waals surface area (Å²) in [5, 5.41) is 10.1. The van der Waals surface area contributed by atoms with E-state index in [4.69, 9.17) is 4.74 Å². The molecule has 9 nitrogen and oxygen atoms in total. The minimum Gasteiger partial charge on any atom is -0.451 e. The summed E-state index contributed by atoms with van der Waals surface area (Å²) >= 11 is 0. The highest BCUT2D eigenvalue weighted by Crippen LogP contribution is 2.21. The van der Waals surface area contributed by atoms with Crippen LogP contribution in [0.5, 0.6) is 0 Å². The summed E-state index contributed by atoms with van der Waals surface area (Å²) in [5.74, 6) is -1.87. The van der Waals surface area contributed by atoms with Crippen molar-refractivity contribution in [2.24, 2.45) is 0 Å². The average Bonchev–Trinajstić information content (AvgIpc) is 2.78. The van der Waals surface area contributed by atoms with Crippen LogP contribution in [0, 0.1) is 20.8 Å². The first kappa shape index (κ1) is 24.6. The van der Waals surface area contributed by atoms with E-state index in [0.717, 1.165) is 16.7 Å². The molecule has 3 rings (SSSR count). The van der Waals surface area contributed by atoms with Crippen LogP contribution < -0.4 is 16.2 Å². The molecule has 9 heteroatoms. The van der Waals surface area contributed by atoms with Gasteiger partial charge in [-0.25, -0.2) is 9.48 Å². The minimum atomic E-state index is -0.837. The molecule has 0 spiro atoms. The Labute approximate surface area is 197 Å². The SMILES string of the molecule is Cc1cc(C)c(NC(=O)CNC(=O)COC(=O)c2nn(C(C)C)c(=O)c3ccccc23)c(C)c1. The molecule has 2 amide bonds. The van der Waals surface area contributed by atoms with E-state index in [1.807, 2.05) is 32.9 Å². The highest BCUT2D eigenvalue weighted by atomic mass is 16.5. The molecule has 0 unspecified atom stereocenters. The van der Waals surface area contributed by atoms with Crippen LogP contribution in [0.15, 0.2) is 41.2 Å². The molecule has 2 aromatic carbocycles. The molecular formula is C25H28N4O5. The molecule has 3 aromatic rings. The fourth-order valence-corrected chi connectivity index (χ4v) is 3.70. The summed E-state index contributed by atoms with van der Waals surface area (Å²) in [6.07, 6.45) is 0. The van der Waals surface area contributed by atoms with Crippen molar-refractivity contribution >= 4 is 34.2 Å². The van der Waals surface area contributed by atoms with Gasteiger partial charge in [0.2, 0.25) is 5.91 Å². The number of aryl methyl sites for hydroxylation is 3. The zero-order valence-electron chi connectivity index (χ0n) is 19.9. The Kier molecular flexibility index (Phi) is 7.45. The third-order valence-corrected chi connectivity index (χ3v) is 5.23. The second-order valence-corrected chi connectivity index (χ2v) is 8.41. The van der Waals surface area contributed by atoms with Crippen LogP contribution in [0.25, 0.3) is 10.8 Å². The fraction of sp³-hybridized carbons (Fsp3) is 0.320. The molecule has 0 aliphatic rings. The first-order valence-corrected chi connectivity index (χ1v) is 10.9. The summed E-state index contributed by atoms with van der Waals surface area (Å²) in [7, 11) is 0. The summed E-state index contributed by atoms with van der Waals surface area (Å²) < 4.78 is 6.32. The number of carbonyl (C=O) groups excluding carboxylic acids is 3. The monoisotopic (exact) mass is 464 g/mol. The molecule has 0 atom stereocenters. The Morgan fingerprint density at radius 3 is 2.24 bits per heavy atom. The van der Waals surface area contributed by atoms with E-state index in [0.29, 0.717) is 16.5 Å². The molecule has 0 aliphatic heterocycles. The molecule has 0 saturated carbocycles. The number of anilines is 1. The molecule has 0 aliphatic carbocycles. The van der Waals surface area contributed by atoms with Crippen LogP contribution in [-0.2, 0) is 14.3 Å².